The Labute approximate surface area is 77.3 Å². The van der Waals surface area contributed by atoms with Crippen LogP contribution in [0.1, 0.15) is 26.2 Å². The van der Waals surface area contributed by atoms with Crippen LogP contribution in [0.5, 0.6) is 0 Å². The van der Waals surface area contributed by atoms with E-state index in [0.717, 1.165) is 19.3 Å². The summed E-state index contributed by atoms with van der Waals surface area (Å²) in [5, 5.41) is 2.74. The highest BCUT2D eigenvalue weighted by atomic mass is 16.2. The minimum atomic E-state index is -0.209. The molecule has 2 fully saturated rings. The predicted molar refractivity (Wildman–Crippen MR) is 47.0 cm³/mol. The average molecular weight is 182 g/mol. The number of nitrogens with one attached hydrogen (secondary N) is 1. The predicted octanol–water partition coefficient (Wildman–Crippen LogP) is 0.727. The van der Waals surface area contributed by atoms with Crippen LogP contribution in [-0.2, 0) is 4.79 Å². The molecule has 1 heterocycles. The molecule has 3 amide bonds. The Balaban J connectivity index is 2.04. The van der Waals surface area contributed by atoms with E-state index < -0.39 is 0 Å². The van der Waals surface area contributed by atoms with Gasteiger partial charge in [-0.15, -0.1) is 0 Å². The summed E-state index contributed by atoms with van der Waals surface area (Å²) in [5.74, 6) is 0.396. The summed E-state index contributed by atoms with van der Waals surface area (Å²) in [5.41, 5.74) is 0. The van der Waals surface area contributed by atoms with Crippen molar-refractivity contribution in [3.63, 3.8) is 0 Å². The summed E-state index contributed by atoms with van der Waals surface area (Å²) in [4.78, 5) is 24.3. The molecule has 1 aliphatic carbocycles. The standard InChI is InChI=1S/C9H14N2O2/c1-2-5-11-8(12)7(6-3-4-6)10-9(11)13/h6-7H,2-5H2,1H3,(H,10,13). The zero-order valence-corrected chi connectivity index (χ0v) is 7.75. The van der Waals surface area contributed by atoms with Crippen LogP contribution in [0.4, 0.5) is 4.79 Å². The van der Waals surface area contributed by atoms with Gasteiger partial charge in [-0.25, -0.2) is 4.79 Å². The number of imide groups is 1. The van der Waals surface area contributed by atoms with Crippen molar-refractivity contribution in [2.75, 3.05) is 6.54 Å². The Hall–Kier alpha value is -1.06. The van der Waals surface area contributed by atoms with E-state index in [1.165, 1.54) is 4.90 Å². The molecular weight excluding hydrogens is 168 g/mol. The van der Waals surface area contributed by atoms with Crippen molar-refractivity contribution in [3.8, 4) is 0 Å². The van der Waals surface area contributed by atoms with Crippen LogP contribution in [-0.4, -0.2) is 29.4 Å². The molecule has 1 atom stereocenters. The van der Waals surface area contributed by atoms with Gasteiger partial charge >= 0.3 is 6.03 Å². The number of carbonyl (C=O) groups is 2. The summed E-state index contributed by atoms with van der Waals surface area (Å²) in [7, 11) is 0. The van der Waals surface area contributed by atoms with Gasteiger partial charge in [-0.3, -0.25) is 9.69 Å². The first-order valence-corrected chi connectivity index (χ1v) is 4.86. The highest BCUT2D eigenvalue weighted by molar-refractivity contribution is 6.04. The maximum Gasteiger partial charge on any atom is 0.324 e. The van der Waals surface area contributed by atoms with Crippen molar-refractivity contribution in [1.29, 1.82) is 0 Å². The molecule has 0 spiro atoms. The zero-order valence-electron chi connectivity index (χ0n) is 7.75. The van der Waals surface area contributed by atoms with Gasteiger partial charge in [0.15, 0.2) is 0 Å². The smallest absolute Gasteiger partial charge is 0.324 e. The normalized spacial score (nSPS) is 28.1. The van der Waals surface area contributed by atoms with E-state index in [0.29, 0.717) is 12.5 Å². The van der Waals surface area contributed by atoms with E-state index >= 15 is 0 Å². The first-order valence-electron chi connectivity index (χ1n) is 4.86. The van der Waals surface area contributed by atoms with Gasteiger partial charge in [0.25, 0.3) is 5.91 Å². The summed E-state index contributed by atoms with van der Waals surface area (Å²) >= 11 is 0. The van der Waals surface area contributed by atoms with E-state index in [1.807, 2.05) is 6.92 Å². The lowest BCUT2D eigenvalue weighted by Crippen LogP contribution is -2.32. The van der Waals surface area contributed by atoms with Gasteiger partial charge in [-0.2, -0.15) is 0 Å². The summed E-state index contributed by atoms with van der Waals surface area (Å²) in [6.45, 7) is 2.51. The van der Waals surface area contributed by atoms with Gasteiger partial charge in [-0.05, 0) is 25.2 Å². The van der Waals surface area contributed by atoms with Crippen LogP contribution in [0, 0.1) is 5.92 Å². The minimum Gasteiger partial charge on any atom is -0.326 e. The second-order valence-corrected chi connectivity index (χ2v) is 3.75. The van der Waals surface area contributed by atoms with Crippen LogP contribution in [0.25, 0.3) is 0 Å². The molecule has 2 aliphatic rings. The van der Waals surface area contributed by atoms with E-state index in [9.17, 15) is 9.59 Å². The van der Waals surface area contributed by atoms with Crippen LogP contribution in [0.3, 0.4) is 0 Å². The van der Waals surface area contributed by atoms with Crippen LogP contribution < -0.4 is 5.32 Å². The van der Waals surface area contributed by atoms with Gasteiger partial charge in [0, 0.05) is 6.54 Å². The number of nitrogens with zero attached hydrogens (tertiary/aromatic N) is 1. The Morgan fingerprint density at radius 3 is 2.69 bits per heavy atom. The lowest BCUT2D eigenvalue weighted by molar-refractivity contribution is -0.127. The Bertz CT molecular complexity index is 248. The Morgan fingerprint density at radius 1 is 1.46 bits per heavy atom. The van der Waals surface area contributed by atoms with Crippen molar-refractivity contribution in [1.82, 2.24) is 10.2 Å². The number of rotatable bonds is 3. The summed E-state index contributed by atoms with van der Waals surface area (Å²) in [6.07, 6.45) is 2.99. The fourth-order valence-electron chi connectivity index (χ4n) is 1.73. The van der Waals surface area contributed by atoms with Gasteiger partial charge < -0.3 is 5.32 Å². The number of hydrogen-bond donors (Lipinski definition) is 1. The van der Waals surface area contributed by atoms with Crippen molar-refractivity contribution >= 4 is 11.9 Å². The van der Waals surface area contributed by atoms with E-state index in [1.54, 1.807) is 0 Å². The molecule has 1 N–H and O–H groups in total. The Morgan fingerprint density at radius 2 is 2.15 bits per heavy atom. The Kier molecular flexibility index (Phi) is 1.98. The molecule has 1 saturated carbocycles. The quantitative estimate of drug-likeness (QED) is 0.654. The zero-order chi connectivity index (χ0) is 9.42. The van der Waals surface area contributed by atoms with Crippen LogP contribution in [0.15, 0.2) is 0 Å². The van der Waals surface area contributed by atoms with Crippen molar-refractivity contribution in [2.24, 2.45) is 5.92 Å². The molecule has 0 bridgehead atoms. The van der Waals surface area contributed by atoms with Crippen LogP contribution in [0.2, 0.25) is 0 Å². The third kappa shape index (κ3) is 1.41. The second kappa shape index (κ2) is 3.01. The second-order valence-electron chi connectivity index (χ2n) is 3.75. The van der Waals surface area contributed by atoms with Crippen molar-refractivity contribution in [3.05, 3.63) is 0 Å². The summed E-state index contributed by atoms with van der Waals surface area (Å²) in [6, 6.07) is -0.414. The van der Waals surface area contributed by atoms with Gasteiger partial charge in [0.2, 0.25) is 0 Å². The lowest BCUT2D eigenvalue weighted by Gasteiger charge is -2.10. The van der Waals surface area contributed by atoms with Crippen molar-refractivity contribution in [2.45, 2.75) is 32.2 Å². The first kappa shape index (κ1) is 8.53. The topological polar surface area (TPSA) is 49.4 Å². The third-order valence-corrected chi connectivity index (χ3v) is 2.60. The van der Waals surface area contributed by atoms with E-state index in [2.05, 4.69) is 5.32 Å². The maximum absolute atomic E-state index is 11.6. The maximum atomic E-state index is 11.6. The van der Waals surface area contributed by atoms with Crippen molar-refractivity contribution < 1.29 is 9.59 Å². The fraction of sp³-hybridized carbons (Fsp3) is 0.778. The van der Waals surface area contributed by atoms with Crippen LogP contribution >= 0.6 is 0 Å². The monoisotopic (exact) mass is 182 g/mol. The summed E-state index contributed by atoms with van der Waals surface area (Å²) < 4.78 is 0. The number of urea groups is 1. The molecule has 0 aromatic heterocycles. The molecular formula is C9H14N2O2. The minimum absolute atomic E-state index is 0.0191. The lowest BCUT2D eigenvalue weighted by atomic mass is 10.2. The molecule has 4 nitrogen and oxygen atoms in total. The van der Waals surface area contributed by atoms with Gasteiger partial charge in [-0.1, -0.05) is 6.92 Å². The molecule has 1 aliphatic heterocycles. The number of carbonyl (C=O) groups excluding carboxylic acids is 2. The first-order chi connectivity index (χ1) is 6.24. The SMILES string of the molecule is CCCN1C(=O)NC(C2CC2)C1=O. The molecule has 1 saturated heterocycles. The number of amides is 3. The van der Waals surface area contributed by atoms with Gasteiger partial charge in [0.1, 0.15) is 6.04 Å². The van der Waals surface area contributed by atoms with E-state index in [-0.39, 0.29) is 18.0 Å². The molecule has 0 aromatic carbocycles. The average Bonchev–Trinajstić information content (AvgIpc) is 2.88. The highest BCUT2D eigenvalue weighted by Gasteiger charge is 2.45. The molecule has 4 heteroatoms. The molecule has 72 valence electrons. The largest absolute Gasteiger partial charge is 0.326 e. The molecule has 1 unspecified atom stereocenters. The fourth-order valence-corrected chi connectivity index (χ4v) is 1.73. The molecule has 13 heavy (non-hydrogen) atoms. The number of hydrogen-bond acceptors (Lipinski definition) is 2. The molecule has 0 aromatic rings. The molecule has 2 rings (SSSR count). The molecule has 0 radical (unpaired) electrons. The highest BCUT2D eigenvalue weighted by Crippen LogP contribution is 2.35. The van der Waals surface area contributed by atoms with Gasteiger partial charge in [0.05, 0.1) is 0 Å². The third-order valence-electron chi connectivity index (χ3n) is 2.60. The van der Waals surface area contributed by atoms with E-state index in [4.69, 9.17) is 0 Å².